The van der Waals surface area contributed by atoms with E-state index in [2.05, 4.69) is 56.7 Å². The van der Waals surface area contributed by atoms with Gasteiger partial charge in [-0.05, 0) is 43.0 Å². The van der Waals surface area contributed by atoms with Crippen LogP contribution >= 0.6 is 0 Å². The second-order valence-corrected chi connectivity index (χ2v) is 7.78. The van der Waals surface area contributed by atoms with Crippen LogP contribution in [-0.2, 0) is 19.5 Å². The van der Waals surface area contributed by atoms with Gasteiger partial charge in [0.15, 0.2) is 5.96 Å². The van der Waals surface area contributed by atoms with Crippen LogP contribution in [0.3, 0.4) is 0 Å². The van der Waals surface area contributed by atoms with E-state index in [1.807, 2.05) is 30.3 Å². The number of fused-ring (bicyclic) bond motifs is 1. The quantitative estimate of drug-likeness (QED) is 0.331. The van der Waals surface area contributed by atoms with E-state index < -0.39 is 0 Å². The summed E-state index contributed by atoms with van der Waals surface area (Å²) >= 11 is 0. The van der Waals surface area contributed by atoms with Crippen LogP contribution in [0.2, 0.25) is 0 Å². The largest absolute Gasteiger partial charge is 0.444 e. The Morgan fingerprint density at radius 3 is 2.71 bits per heavy atom. The van der Waals surface area contributed by atoms with Crippen molar-refractivity contribution in [1.82, 2.24) is 20.5 Å². The third-order valence-electron chi connectivity index (χ3n) is 5.47. The number of rotatable bonds is 8. The number of oxazole rings is 1. The SMILES string of the molecule is CCNC(=NCc1coc(-c2ccccc2)n1)NCCCN1CCc2ccccc2C1. The summed E-state index contributed by atoms with van der Waals surface area (Å²) in [5.74, 6) is 1.45. The molecule has 0 aliphatic carbocycles. The molecule has 0 spiro atoms. The van der Waals surface area contributed by atoms with Crippen molar-refractivity contribution in [2.75, 3.05) is 26.2 Å². The molecule has 1 aromatic heterocycles. The first kappa shape index (κ1) is 21.1. The Hall–Kier alpha value is -3.12. The number of aliphatic imine (C=N–C) groups is 1. The summed E-state index contributed by atoms with van der Waals surface area (Å²) in [6, 6.07) is 18.7. The summed E-state index contributed by atoms with van der Waals surface area (Å²) < 4.78 is 5.61. The summed E-state index contributed by atoms with van der Waals surface area (Å²) in [6.07, 6.45) is 3.91. The molecule has 0 atom stereocenters. The second-order valence-electron chi connectivity index (χ2n) is 7.78. The smallest absolute Gasteiger partial charge is 0.226 e. The van der Waals surface area contributed by atoms with Crippen molar-refractivity contribution in [2.45, 2.75) is 32.9 Å². The van der Waals surface area contributed by atoms with Gasteiger partial charge in [-0.2, -0.15) is 0 Å². The molecule has 0 amide bonds. The molecule has 2 N–H and O–H groups in total. The number of nitrogens with one attached hydrogen (secondary N) is 2. The lowest BCUT2D eigenvalue weighted by molar-refractivity contribution is 0.251. The number of hydrogen-bond acceptors (Lipinski definition) is 4. The Balaban J connectivity index is 1.24. The average Bonchev–Trinajstić information content (AvgIpc) is 3.30. The number of nitrogens with zero attached hydrogens (tertiary/aromatic N) is 3. The fourth-order valence-electron chi connectivity index (χ4n) is 3.85. The zero-order valence-electron chi connectivity index (χ0n) is 18.2. The Morgan fingerprint density at radius 2 is 1.87 bits per heavy atom. The van der Waals surface area contributed by atoms with Gasteiger partial charge in [0.25, 0.3) is 0 Å². The predicted octanol–water partition coefficient (Wildman–Crippen LogP) is 3.85. The Morgan fingerprint density at radius 1 is 1.06 bits per heavy atom. The molecule has 0 radical (unpaired) electrons. The van der Waals surface area contributed by atoms with E-state index in [9.17, 15) is 0 Å². The first-order valence-corrected chi connectivity index (χ1v) is 11.1. The summed E-state index contributed by atoms with van der Waals surface area (Å²) in [5, 5.41) is 6.75. The molecule has 31 heavy (non-hydrogen) atoms. The zero-order chi connectivity index (χ0) is 21.3. The highest BCUT2D eigenvalue weighted by Crippen LogP contribution is 2.19. The fraction of sp³-hybridized carbons (Fsp3) is 0.360. The van der Waals surface area contributed by atoms with Gasteiger partial charge in [-0.15, -0.1) is 0 Å². The Kier molecular flexibility index (Phi) is 7.34. The maximum atomic E-state index is 5.61. The summed E-state index contributed by atoms with van der Waals surface area (Å²) in [4.78, 5) is 11.8. The van der Waals surface area contributed by atoms with Crippen molar-refractivity contribution in [2.24, 2.45) is 4.99 Å². The third-order valence-corrected chi connectivity index (χ3v) is 5.47. The average molecular weight is 418 g/mol. The van der Waals surface area contributed by atoms with Crippen LogP contribution in [0.5, 0.6) is 0 Å². The molecule has 2 heterocycles. The summed E-state index contributed by atoms with van der Waals surface area (Å²) in [6.45, 7) is 7.55. The number of aromatic nitrogens is 1. The molecule has 6 nitrogen and oxygen atoms in total. The van der Waals surface area contributed by atoms with Gasteiger partial charge in [0, 0.05) is 38.3 Å². The molecule has 0 saturated carbocycles. The molecule has 6 heteroatoms. The highest BCUT2D eigenvalue weighted by atomic mass is 16.3. The van der Waals surface area contributed by atoms with Crippen LogP contribution in [-0.4, -0.2) is 42.0 Å². The monoisotopic (exact) mass is 417 g/mol. The van der Waals surface area contributed by atoms with E-state index in [4.69, 9.17) is 4.42 Å². The molecular formula is C25H31N5O. The van der Waals surface area contributed by atoms with Gasteiger partial charge >= 0.3 is 0 Å². The van der Waals surface area contributed by atoms with E-state index in [-0.39, 0.29) is 0 Å². The van der Waals surface area contributed by atoms with Crippen molar-refractivity contribution < 1.29 is 4.42 Å². The summed E-state index contributed by atoms with van der Waals surface area (Å²) in [5.41, 5.74) is 4.77. The molecule has 3 aromatic rings. The van der Waals surface area contributed by atoms with Gasteiger partial charge in [0.05, 0.1) is 6.54 Å². The predicted molar refractivity (Wildman–Crippen MR) is 125 cm³/mol. The number of hydrogen-bond donors (Lipinski definition) is 2. The van der Waals surface area contributed by atoms with Crippen molar-refractivity contribution >= 4 is 5.96 Å². The molecule has 1 aliphatic heterocycles. The maximum Gasteiger partial charge on any atom is 0.226 e. The van der Waals surface area contributed by atoms with Crippen molar-refractivity contribution in [3.63, 3.8) is 0 Å². The van der Waals surface area contributed by atoms with E-state index >= 15 is 0 Å². The molecule has 0 bridgehead atoms. The van der Waals surface area contributed by atoms with Crippen LogP contribution in [0, 0.1) is 0 Å². The second kappa shape index (κ2) is 10.8. The fourth-order valence-corrected chi connectivity index (χ4v) is 3.85. The standard InChI is InChI=1S/C25H31N5O/c1-2-26-25(28-17-23-19-31-24(29-23)21-10-4-3-5-11-21)27-14-8-15-30-16-13-20-9-6-7-12-22(20)18-30/h3-7,9-12,19H,2,8,13-18H2,1H3,(H2,26,27,28). The van der Waals surface area contributed by atoms with Gasteiger partial charge in [-0.3, -0.25) is 4.90 Å². The van der Waals surface area contributed by atoms with Crippen LogP contribution in [0.1, 0.15) is 30.2 Å². The first-order valence-electron chi connectivity index (χ1n) is 11.1. The Labute approximate surface area is 184 Å². The molecule has 0 unspecified atom stereocenters. The van der Waals surface area contributed by atoms with E-state index in [1.165, 1.54) is 11.1 Å². The van der Waals surface area contributed by atoms with Crippen LogP contribution in [0.15, 0.2) is 70.3 Å². The van der Waals surface area contributed by atoms with Gasteiger partial charge < -0.3 is 15.1 Å². The van der Waals surface area contributed by atoms with Gasteiger partial charge in [-0.25, -0.2) is 9.98 Å². The highest BCUT2D eigenvalue weighted by Gasteiger charge is 2.14. The van der Waals surface area contributed by atoms with Crippen LogP contribution < -0.4 is 10.6 Å². The minimum absolute atomic E-state index is 0.481. The Bertz CT molecular complexity index is 982. The minimum Gasteiger partial charge on any atom is -0.444 e. The van der Waals surface area contributed by atoms with Gasteiger partial charge in [0.1, 0.15) is 12.0 Å². The third kappa shape index (κ3) is 5.95. The molecule has 0 saturated heterocycles. The highest BCUT2D eigenvalue weighted by molar-refractivity contribution is 5.79. The molecule has 4 rings (SSSR count). The minimum atomic E-state index is 0.481. The van der Waals surface area contributed by atoms with Crippen molar-refractivity contribution in [3.8, 4) is 11.5 Å². The zero-order valence-corrected chi connectivity index (χ0v) is 18.2. The topological polar surface area (TPSA) is 65.7 Å². The van der Waals surface area contributed by atoms with E-state index in [0.717, 1.165) is 62.8 Å². The van der Waals surface area contributed by atoms with Crippen LogP contribution in [0.4, 0.5) is 0 Å². The summed E-state index contributed by atoms with van der Waals surface area (Å²) in [7, 11) is 0. The molecule has 0 fully saturated rings. The van der Waals surface area contributed by atoms with Crippen molar-refractivity contribution in [1.29, 1.82) is 0 Å². The number of guanidine groups is 1. The van der Waals surface area contributed by atoms with E-state index in [1.54, 1.807) is 6.26 Å². The lowest BCUT2D eigenvalue weighted by Crippen LogP contribution is -2.39. The molecular weight excluding hydrogens is 386 g/mol. The van der Waals surface area contributed by atoms with E-state index in [0.29, 0.717) is 12.4 Å². The molecule has 162 valence electrons. The van der Waals surface area contributed by atoms with Gasteiger partial charge in [0.2, 0.25) is 5.89 Å². The normalized spacial score (nSPS) is 14.3. The van der Waals surface area contributed by atoms with Crippen LogP contribution in [0.25, 0.3) is 11.5 Å². The lowest BCUT2D eigenvalue weighted by atomic mass is 10.00. The van der Waals surface area contributed by atoms with Crippen molar-refractivity contribution in [3.05, 3.63) is 77.7 Å². The maximum absolute atomic E-state index is 5.61. The first-order chi connectivity index (χ1) is 15.3. The molecule has 2 aromatic carbocycles. The molecule has 1 aliphatic rings. The number of benzene rings is 2. The lowest BCUT2D eigenvalue weighted by Gasteiger charge is -2.28. The van der Waals surface area contributed by atoms with Gasteiger partial charge in [-0.1, -0.05) is 42.5 Å².